The molecule has 0 heterocycles. The zero-order valence-electron chi connectivity index (χ0n) is 13.9. The third kappa shape index (κ3) is 6.91. The van der Waals surface area contributed by atoms with Crippen molar-refractivity contribution in [2.75, 3.05) is 7.11 Å². The molecule has 0 unspecified atom stereocenters. The molecule has 0 atom stereocenters. The summed E-state index contributed by atoms with van der Waals surface area (Å²) in [6.07, 6.45) is 0. The van der Waals surface area contributed by atoms with Crippen LogP contribution in [0.15, 0.2) is 24.3 Å². The molecule has 0 radical (unpaired) electrons. The zero-order chi connectivity index (χ0) is 16.0. The van der Waals surface area contributed by atoms with Crippen molar-refractivity contribution in [2.24, 2.45) is 0 Å². The fourth-order valence-corrected chi connectivity index (χ4v) is 6.52. The molecule has 20 heavy (non-hydrogen) atoms. The van der Waals surface area contributed by atoms with Crippen LogP contribution in [0.3, 0.4) is 0 Å². The van der Waals surface area contributed by atoms with Gasteiger partial charge >= 0.3 is 31.9 Å². The summed E-state index contributed by atoms with van der Waals surface area (Å²) in [5.74, 6) is 0.937. The van der Waals surface area contributed by atoms with Gasteiger partial charge in [0.2, 0.25) is 0 Å². The van der Waals surface area contributed by atoms with Crippen LogP contribution in [-0.4, -0.2) is 17.4 Å². The Kier molecular flexibility index (Phi) is 8.93. The quantitative estimate of drug-likeness (QED) is 0.452. The molecule has 0 aliphatic heterocycles. The molecule has 1 rings (SSSR count). The van der Waals surface area contributed by atoms with Crippen molar-refractivity contribution in [1.29, 1.82) is 0 Å². The third-order valence-corrected chi connectivity index (χ3v) is 6.17. The Morgan fingerprint density at radius 2 is 1.30 bits per heavy atom. The van der Waals surface area contributed by atoms with E-state index in [1.165, 1.54) is 5.30 Å². The number of methoxy groups -OCH3 is 1. The molecule has 0 spiro atoms. The molecule has 1 nitrogen and oxygen atoms in total. The number of hydrogen-bond donors (Lipinski definition) is 0. The SMILES string of the molecule is COc1ccc(P(C(C)(C)C)C(C)(C)C)cc1.[CH3][Pd][Cl]. The van der Waals surface area contributed by atoms with Gasteiger partial charge in [-0.05, 0) is 27.7 Å². The van der Waals surface area contributed by atoms with E-state index in [0.717, 1.165) is 5.75 Å². The molecule has 0 saturated carbocycles. The standard InChI is InChI=1S/C15H25OP.CH3.ClH.Pd/c1-14(2,3)17(15(4,5)6)13-10-8-12(16-7)9-11-13;;;/h8-11H,1-7H3;1H3;1H;/q;;;+1/p-1. The Morgan fingerprint density at radius 3 is 1.55 bits per heavy atom. The van der Waals surface area contributed by atoms with E-state index in [1.54, 1.807) is 7.11 Å². The number of benzene rings is 1. The Hall–Kier alpha value is 0.402. The van der Waals surface area contributed by atoms with Crippen LogP contribution < -0.4 is 10.0 Å². The number of halogens is 1. The van der Waals surface area contributed by atoms with Crippen molar-refractivity contribution < 1.29 is 21.7 Å². The van der Waals surface area contributed by atoms with Crippen LogP contribution in [0.2, 0.25) is 5.40 Å². The van der Waals surface area contributed by atoms with Crippen LogP contribution in [0.1, 0.15) is 41.5 Å². The van der Waals surface area contributed by atoms with Gasteiger partial charge in [-0.1, -0.05) is 61.6 Å². The van der Waals surface area contributed by atoms with Crippen molar-refractivity contribution in [2.45, 2.75) is 57.3 Å². The maximum absolute atomic E-state index is 5.23. The van der Waals surface area contributed by atoms with Crippen molar-refractivity contribution >= 4 is 22.8 Å². The maximum atomic E-state index is 5.23. The van der Waals surface area contributed by atoms with Crippen molar-refractivity contribution in [3.8, 4) is 5.75 Å². The van der Waals surface area contributed by atoms with Gasteiger partial charge in [-0.2, -0.15) is 0 Å². The van der Waals surface area contributed by atoms with Crippen LogP contribution in [0.25, 0.3) is 0 Å². The molecule has 1 aromatic carbocycles. The molecule has 1 aromatic rings. The van der Waals surface area contributed by atoms with E-state index in [-0.39, 0.29) is 7.92 Å². The molecule has 0 fully saturated rings. The van der Waals surface area contributed by atoms with Gasteiger partial charge in [-0.25, -0.2) is 0 Å². The van der Waals surface area contributed by atoms with E-state index in [1.807, 2.05) is 5.40 Å². The summed E-state index contributed by atoms with van der Waals surface area (Å²) in [6.45, 7) is 14.0. The van der Waals surface area contributed by atoms with Gasteiger partial charge in [0.15, 0.2) is 0 Å². The van der Waals surface area contributed by atoms with Gasteiger partial charge in [0.05, 0.1) is 7.11 Å². The Bertz CT molecular complexity index is 365. The molecule has 0 N–H and O–H groups in total. The third-order valence-electron chi connectivity index (χ3n) is 2.67. The predicted octanol–water partition coefficient (Wildman–Crippen LogP) is 5.67. The summed E-state index contributed by atoms with van der Waals surface area (Å²) in [5, 5.41) is 4.04. The summed E-state index contributed by atoms with van der Waals surface area (Å²) in [7, 11) is 6.55. The van der Waals surface area contributed by atoms with E-state index in [4.69, 9.17) is 14.3 Å². The molecule has 0 amide bonds. The molecule has 0 aliphatic rings. The van der Waals surface area contributed by atoms with Gasteiger partial charge in [0.1, 0.15) is 5.75 Å². The number of hydrogen-bond acceptors (Lipinski definition) is 1. The molecule has 0 bridgehead atoms. The van der Waals surface area contributed by atoms with Crippen LogP contribution in [-0.2, 0) is 17.0 Å². The van der Waals surface area contributed by atoms with E-state index in [2.05, 4.69) is 65.8 Å². The van der Waals surface area contributed by atoms with Gasteiger partial charge < -0.3 is 4.74 Å². The number of ether oxygens (including phenoxy) is 1. The first-order valence-corrected chi connectivity index (χ1v) is 11.4. The van der Waals surface area contributed by atoms with Crippen molar-refractivity contribution in [3.63, 3.8) is 0 Å². The second-order valence-corrected chi connectivity index (χ2v) is 12.4. The minimum absolute atomic E-state index is 0.211. The fourth-order valence-electron chi connectivity index (χ4n) is 2.51. The van der Waals surface area contributed by atoms with Gasteiger partial charge in [0.25, 0.3) is 0 Å². The molecule has 0 saturated heterocycles. The summed E-state index contributed by atoms with van der Waals surface area (Å²) >= 11 is 0.422. The summed E-state index contributed by atoms with van der Waals surface area (Å²) in [4.78, 5) is 0. The first kappa shape index (κ1) is 20.4. The monoisotopic (exact) mass is 408 g/mol. The molecule has 120 valence electrons. The van der Waals surface area contributed by atoms with E-state index in [9.17, 15) is 0 Å². The molecule has 0 aromatic heterocycles. The Balaban J connectivity index is 0.00000110. The topological polar surface area (TPSA) is 9.23 Å². The fraction of sp³-hybridized carbons (Fsp3) is 0.625. The Labute approximate surface area is 138 Å². The minimum atomic E-state index is -0.211. The average molecular weight is 409 g/mol. The number of rotatable bonds is 2. The van der Waals surface area contributed by atoms with E-state index in [0.29, 0.717) is 27.3 Å². The van der Waals surface area contributed by atoms with Crippen molar-refractivity contribution in [1.82, 2.24) is 0 Å². The van der Waals surface area contributed by atoms with E-state index >= 15 is 0 Å². The molecular formula is C16H28ClOPPd. The van der Waals surface area contributed by atoms with Gasteiger partial charge in [-0.3, -0.25) is 0 Å². The molecule has 0 aliphatic carbocycles. The van der Waals surface area contributed by atoms with Crippen LogP contribution in [0.4, 0.5) is 0 Å². The van der Waals surface area contributed by atoms with E-state index < -0.39 is 0 Å². The van der Waals surface area contributed by atoms with Crippen molar-refractivity contribution in [3.05, 3.63) is 24.3 Å². The predicted molar refractivity (Wildman–Crippen MR) is 90.8 cm³/mol. The second kappa shape index (κ2) is 8.75. The molecule has 4 heteroatoms. The molecular weight excluding hydrogens is 381 g/mol. The van der Waals surface area contributed by atoms with Gasteiger partial charge in [0, 0.05) is 0 Å². The zero-order valence-corrected chi connectivity index (χ0v) is 17.1. The van der Waals surface area contributed by atoms with Gasteiger partial charge in [-0.15, -0.1) is 0 Å². The summed E-state index contributed by atoms with van der Waals surface area (Å²) < 4.78 is 5.23. The first-order chi connectivity index (χ1) is 9.07. The summed E-state index contributed by atoms with van der Waals surface area (Å²) in [5.41, 5.74) is 0. The normalized spacial score (nSPS) is 12.1. The second-order valence-electron chi connectivity index (χ2n) is 6.49. The van der Waals surface area contributed by atoms with Crippen LogP contribution >= 0.6 is 17.5 Å². The first-order valence-electron chi connectivity index (χ1n) is 6.54. The summed E-state index contributed by atoms with van der Waals surface area (Å²) in [6, 6.07) is 8.59. The average Bonchev–Trinajstić information content (AvgIpc) is 2.27. The van der Waals surface area contributed by atoms with Crippen LogP contribution in [0, 0.1) is 0 Å². The van der Waals surface area contributed by atoms with Crippen LogP contribution in [0.5, 0.6) is 5.75 Å². The Morgan fingerprint density at radius 1 is 0.950 bits per heavy atom.